The van der Waals surface area contributed by atoms with Crippen LogP contribution >= 0.6 is 0 Å². The Morgan fingerprint density at radius 3 is 2.38 bits per heavy atom. The maximum Gasteiger partial charge on any atom is 0.312 e. The molecule has 4 heteroatoms. The van der Waals surface area contributed by atoms with E-state index >= 15 is 0 Å². The summed E-state index contributed by atoms with van der Waals surface area (Å²) in [5.74, 6) is 0.0899. The molecule has 0 aromatic rings. The molecule has 0 radical (unpaired) electrons. The normalized spacial score (nSPS) is 59.5. The molecule has 4 aliphatic rings. The van der Waals surface area contributed by atoms with Crippen LogP contribution in [0.25, 0.3) is 0 Å². The van der Waals surface area contributed by atoms with Crippen LogP contribution in [0.5, 0.6) is 0 Å². The third kappa shape index (κ3) is 1.85. The van der Waals surface area contributed by atoms with E-state index in [4.69, 9.17) is 0 Å². The van der Waals surface area contributed by atoms with Gasteiger partial charge in [-0.1, -0.05) is 6.92 Å². The molecule has 0 aliphatic heterocycles. The molecule has 4 saturated carbocycles. The standard InChI is InChI=1S/C20H32O4/c1-17-8-7-15(21)19(3,16(22)23)13(17)6-9-20-10-12(4-5-14(17)20)18(2,24)11-20/h12-15,21,24H,4-11H2,1-3H3,(H,22,23)/t12-,13+,14+,15-,17-,18-,19+,20+/m1/s1. The average molecular weight is 336 g/mol. The van der Waals surface area contributed by atoms with Crippen LogP contribution in [-0.4, -0.2) is 33.0 Å². The SMILES string of the molecule is C[C@@]12CC[C@@H](O)[C@@](C)(C(=O)O)[C@H]1CC[C@@]13C[C@@H](CC[C@H]12)[C@](C)(O)C3. The zero-order chi connectivity index (χ0) is 17.5. The maximum atomic E-state index is 12.1. The minimum Gasteiger partial charge on any atom is -0.481 e. The van der Waals surface area contributed by atoms with Crippen LogP contribution in [-0.2, 0) is 4.79 Å². The van der Waals surface area contributed by atoms with Crippen LogP contribution < -0.4 is 0 Å². The molecule has 4 nitrogen and oxygen atoms in total. The van der Waals surface area contributed by atoms with Gasteiger partial charge in [0.2, 0.25) is 0 Å². The highest BCUT2D eigenvalue weighted by atomic mass is 16.4. The second-order valence-corrected chi connectivity index (χ2v) is 10.2. The van der Waals surface area contributed by atoms with E-state index in [9.17, 15) is 20.1 Å². The first-order chi connectivity index (χ1) is 11.1. The van der Waals surface area contributed by atoms with Crippen molar-refractivity contribution < 1.29 is 20.1 Å². The highest BCUT2D eigenvalue weighted by molar-refractivity contribution is 5.76. The Balaban J connectivity index is 1.75. The summed E-state index contributed by atoms with van der Waals surface area (Å²) in [5, 5.41) is 31.3. The lowest BCUT2D eigenvalue weighted by atomic mass is 9.40. The molecule has 24 heavy (non-hydrogen) atoms. The zero-order valence-electron chi connectivity index (χ0n) is 15.2. The largest absolute Gasteiger partial charge is 0.481 e. The van der Waals surface area contributed by atoms with Gasteiger partial charge in [0.1, 0.15) is 0 Å². The number of carboxylic acid groups (broad SMARTS) is 1. The Morgan fingerprint density at radius 2 is 1.71 bits per heavy atom. The molecule has 3 N–H and O–H groups in total. The number of aliphatic hydroxyl groups excluding tert-OH is 1. The molecule has 0 aromatic heterocycles. The maximum absolute atomic E-state index is 12.1. The summed E-state index contributed by atoms with van der Waals surface area (Å²) in [7, 11) is 0. The van der Waals surface area contributed by atoms with Crippen molar-refractivity contribution in [3.63, 3.8) is 0 Å². The number of rotatable bonds is 1. The average Bonchev–Trinajstić information content (AvgIpc) is 2.68. The molecule has 4 aliphatic carbocycles. The number of carboxylic acids is 1. The van der Waals surface area contributed by atoms with Crippen molar-refractivity contribution in [1.82, 2.24) is 0 Å². The molecule has 0 saturated heterocycles. The predicted octanol–water partition coefficient (Wildman–Crippen LogP) is 3.21. The second kappa shape index (κ2) is 4.76. The summed E-state index contributed by atoms with van der Waals surface area (Å²) in [5.41, 5.74) is -1.43. The van der Waals surface area contributed by atoms with E-state index < -0.39 is 23.1 Å². The van der Waals surface area contributed by atoms with Crippen molar-refractivity contribution in [1.29, 1.82) is 0 Å². The van der Waals surface area contributed by atoms with Crippen molar-refractivity contribution in [3.8, 4) is 0 Å². The number of aliphatic hydroxyl groups is 2. The van der Waals surface area contributed by atoms with Gasteiger partial charge in [-0.05, 0) is 93.8 Å². The molecule has 2 bridgehead atoms. The van der Waals surface area contributed by atoms with Gasteiger partial charge in [0, 0.05) is 0 Å². The van der Waals surface area contributed by atoms with Crippen LogP contribution in [0, 0.1) is 34.0 Å². The molecule has 4 rings (SSSR count). The van der Waals surface area contributed by atoms with Crippen molar-refractivity contribution in [2.45, 2.75) is 83.8 Å². The number of carbonyl (C=O) groups is 1. The molecule has 0 amide bonds. The fourth-order valence-corrected chi connectivity index (χ4v) is 8.00. The molecular formula is C20H32O4. The summed E-state index contributed by atoms with van der Waals surface area (Å²) < 4.78 is 0. The topological polar surface area (TPSA) is 77.8 Å². The van der Waals surface area contributed by atoms with E-state index in [1.165, 1.54) is 0 Å². The Bertz CT molecular complexity index is 572. The van der Waals surface area contributed by atoms with Gasteiger partial charge in [0.05, 0.1) is 17.1 Å². The summed E-state index contributed by atoms with van der Waals surface area (Å²) in [6.07, 6.45) is 6.81. The summed E-state index contributed by atoms with van der Waals surface area (Å²) in [4.78, 5) is 12.1. The lowest BCUT2D eigenvalue weighted by Gasteiger charge is -2.64. The quantitative estimate of drug-likeness (QED) is 0.687. The van der Waals surface area contributed by atoms with Crippen LogP contribution in [0.15, 0.2) is 0 Å². The Labute approximate surface area is 144 Å². The molecule has 1 spiro atoms. The van der Waals surface area contributed by atoms with E-state index in [-0.39, 0.29) is 16.7 Å². The lowest BCUT2D eigenvalue weighted by Crippen LogP contribution is -2.62. The predicted molar refractivity (Wildman–Crippen MR) is 90.3 cm³/mol. The first-order valence-electron chi connectivity index (χ1n) is 9.70. The molecule has 0 unspecified atom stereocenters. The number of fused-ring (bicyclic) bond motifs is 3. The van der Waals surface area contributed by atoms with Crippen molar-refractivity contribution in [3.05, 3.63) is 0 Å². The third-order valence-corrected chi connectivity index (χ3v) is 9.14. The highest BCUT2D eigenvalue weighted by Gasteiger charge is 2.69. The van der Waals surface area contributed by atoms with Crippen molar-refractivity contribution in [2.75, 3.05) is 0 Å². The van der Waals surface area contributed by atoms with E-state index in [0.29, 0.717) is 18.3 Å². The lowest BCUT2D eigenvalue weighted by molar-refractivity contribution is -0.204. The number of hydrogen-bond donors (Lipinski definition) is 3. The zero-order valence-corrected chi connectivity index (χ0v) is 15.2. The van der Waals surface area contributed by atoms with Gasteiger partial charge in [-0.15, -0.1) is 0 Å². The molecule has 8 atom stereocenters. The summed E-state index contributed by atoms with van der Waals surface area (Å²) in [6.45, 7) is 6.08. The van der Waals surface area contributed by atoms with Gasteiger partial charge in [-0.25, -0.2) is 0 Å². The summed E-state index contributed by atoms with van der Waals surface area (Å²) >= 11 is 0. The van der Waals surface area contributed by atoms with E-state index in [2.05, 4.69) is 6.92 Å². The Morgan fingerprint density at radius 1 is 1.00 bits per heavy atom. The van der Waals surface area contributed by atoms with E-state index in [1.54, 1.807) is 6.92 Å². The van der Waals surface area contributed by atoms with Crippen LogP contribution in [0.1, 0.15) is 72.1 Å². The van der Waals surface area contributed by atoms with Gasteiger partial charge >= 0.3 is 5.97 Å². The van der Waals surface area contributed by atoms with Crippen molar-refractivity contribution >= 4 is 5.97 Å². The van der Waals surface area contributed by atoms with Gasteiger partial charge in [0.15, 0.2) is 0 Å². The van der Waals surface area contributed by atoms with Gasteiger partial charge in [-0.2, -0.15) is 0 Å². The fourth-order valence-electron chi connectivity index (χ4n) is 8.00. The van der Waals surface area contributed by atoms with E-state index in [1.807, 2.05) is 6.92 Å². The molecule has 136 valence electrons. The number of aliphatic carboxylic acids is 1. The Kier molecular flexibility index (Phi) is 3.34. The minimum atomic E-state index is -1.04. The summed E-state index contributed by atoms with van der Waals surface area (Å²) in [6, 6.07) is 0. The molecule has 0 aromatic carbocycles. The minimum absolute atomic E-state index is 0.0315. The molecule has 0 heterocycles. The van der Waals surface area contributed by atoms with Gasteiger partial charge in [0.25, 0.3) is 0 Å². The first-order valence-corrected chi connectivity index (χ1v) is 9.70. The van der Waals surface area contributed by atoms with Gasteiger partial charge < -0.3 is 15.3 Å². The number of hydrogen-bond acceptors (Lipinski definition) is 3. The second-order valence-electron chi connectivity index (χ2n) is 10.2. The Hall–Kier alpha value is -0.610. The fraction of sp³-hybridized carbons (Fsp3) is 0.950. The van der Waals surface area contributed by atoms with Crippen LogP contribution in [0.3, 0.4) is 0 Å². The monoisotopic (exact) mass is 336 g/mol. The third-order valence-electron chi connectivity index (χ3n) is 9.14. The smallest absolute Gasteiger partial charge is 0.312 e. The molecule has 4 fully saturated rings. The van der Waals surface area contributed by atoms with Crippen LogP contribution in [0.4, 0.5) is 0 Å². The van der Waals surface area contributed by atoms with Gasteiger partial charge in [-0.3, -0.25) is 4.79 Å². The first kappa shape index (κ1) is 16.8. The van der Waals surface area contributed by atoms with Crippen molar-refractivity contribution in [2.24, 2.45) is 34.0 Å². The van der Waals surface area contributed by atoms with Crippen LogP contribution in [0.2, 0.25) is 0 Å². The molecular weight excluding hydrogens is 304 g/mol. The highest BCUT2D eigenvalue weighted by Crippen LogP contribution is 2.72. The van der Waals surface area contributed by atoms with E-state index in [0.717, 1.165) is 44.9 Å².